The molecule has 0 aliphatic heterocycles. The van der Waals surface area contributed by atoms with Gasteiger partial charge in [-0.1, -0.05) is 45.0 Å². The Balaban J connectivity index is 1.28. The minimum Gasteiger partial charge on any atom is -0.489 e. The van der Waals surface area contributed by atoms with Crippen LogP contribution < -0.4 is 4.74 Å². The molecular weight excluding hydrogens is 460 g/mol. The van der Waals surface area contributed by atoms with E-state index in [0.717, 1.165) is 62.1 Å². The molecule has 37 heavy (non-hydrogen) atoms. The Kier molecular flexibility index (Phi) is 5.68. The number of H-pyrrole nitrogens is 2. The Morgan fingerprint density at radius 1 is 0.838 bits per heavy atom. The zero-order valence-electron chi connectivity index (χ0n) is 21.1. The normalized spacial score (nSPS) is 11.9. The van der Waals surface area contributed by atoms with Crippen LogP contribution in [0.4, 0.5) is 0 Å². The molecule has 6 aromatic rings. The third kappa shape index (κ3) is 4.93. The van der Waals surface area contributed by atoms with Crippen molar-refractivity contribution in [2.45, 2.75) is 33.8 Å². The zero-order chi connectivity index (χ0) is 25.4. The van der Waals surface area contributed by atoms with E-state index in [1.807, 2.05) is 36.5 Å². The van der Waals surface area contributed by atoms with E-state index < -0.39 is 0 Å². The van der Waals surface area contributed by atoms with Gasteiger partial charge in [0, 0.05) is 40.9 Å². The summed E-state index contributed by atoms with van der Waals surface area (Å²) >= 11 is 0. The van der Waals surface area contributed by atoms with Crippen molar-refractivity contribution in [2.24, 2.45) is 5.41 Å². The summed E-state index contributed by atoms with van der Waals surface area (Å²) in [6.45, 7) is 7.07. The molecule has 0 aliphatic carbocycles. The van der Waals surface area contributed by atoms with Gasteiger partial charge in [0.25, 0.3) is 0 Å². The smallest absolute Gasteiger partial charge is 0.181 e. The lowest BCUT2D eigenvalue weighted by Gasteiger charge is -2.15. The second kappa shape index (κ2) is 9.17. The molecule has 0 bridgehead atoms. The van der Waals surface area contributed by atoms with Crippen molar-refractivity contribution in [1.29, 1.82) is 0 Å². The van der Waals surface area contributed by atoms with Crippen LogP contribution in [-0.4, -0.2) is 30.4 Å². The van der Waals surface area contributed by atoms with E-state index in [4.69, 9.17) is 9.72 Å². The highest BCUT2D eigenvalue weighted by molar-refractivity contribution is 5.97. The Bertz CT molecular complexity index is 1690. The minimum atomic E-state index is 0.140. The summed E-state index contributed by atoms with van der Waals surface area (Å²) in [6.07, 6.45) is 4.42. The van der Waals surface area contributed by atoms with Crippen LogP contribution in [0.3, 0.4) is 0 Å². The number of benzene rings is 3. The van der Waals surface area contributed by atoms with Gasteiger partial charge in [-0.2, -0.15) is 10.2 Å². The first kappa shape index (κ1) is 22.9. The lowest BCUT2D eigenvalue weighted by molar-refractivity contribution is 0.306. The number of aromatic amines is 2. The predicted molar refractivity (Wildman–Crippen MR) is 146 cm³/mol. The molecule has 0 saturated carbocycles. The SMILES string of the molecule is CC(C)(C)Cc1nc(-c2ccc3[nH]nc(-c4ccc5cc(OCc6cccnc6)ccc5c4)c3c2)n[nH]1. The van der Waals surface area contributed by atoms with E-state index in [1.165, 1.54) is 0 Å². The highest BCUT2D eigenvalue weighted by atomic mass is 16.5. The van der Waals surface area contributed by atoms with Crippen molar-refractivity contribution in [3.63, 3.8) is 0 Å². The molecule has 0 aliphatic rings. The number of hydrogen-bond acceptors (Lipinski definition) is 5. The van der Waals surface area contributed by atoms with Gasteiger partial charge in [-0.25, -0.2) is 4.98 Å². The summed E-state index contributed by atoms with van der Waals surface area (Å²) < 4.78 is 5.97. The van der Waals surface area contributed by atoms with Gasteiger partial charge in [-0.3, -0.25) is 15.2 Å². The molecule has 0 spiro atoms. The maximum Gasteiger partial charge on any atom is 0.181 e. The third-order valence-corrected chi connectivity index (χ3v) is 6.26. The summed E-state index contributed by atoms with van der Waals surface area (Å²) in [5.74, 6) is 2.43. The number of nitrogens with zero attached hydrogens (tertiary/aromatic N) is 4. The average molecular weight is 489 g/mol. The molecular formula is C30H28N6O. The van der Waals surface area contributed by atoms with Gasteiger partial charge in [0.2, 0.25) is 0 Å². The van der Waals surface area contributed by atoms with Crippen molar-refractivity contribution >= 4 is 21.7 Å². The molecule has 0 saturated heterocycles. The van der Waals surface area contributed by atoms with Crippen molar-refractivity contribution in [2.75, 3.05) is 0 Å². The predicted octanol–water partition coefficient (Wildman–Crippen LogP) is 6.73. The average Bonchev–Trinajstić information content (AvgIpc) is 3.53. The summed E-state index contributed by atoms with van der Waals surface area (Å²) in [5.41, 5.74) is 5.06. The van der Waals surface area contributed by atoms with Crippen molar-refractivity contribution < 1.29 is 4.74 Å². The van der Waals surface area contributed by atoms with Crippen LogP contribution in [0.5, 0.6) is 5.75 Å². The Hall–Kier alpha value is -4.52. The Labute approximate surface area is 215 Å². The van der Waals surface area contributed by atoms with Crippen LogP contribution in [-0.2, 0) is 13.0 Å². The van der Waals surface area contributed by atoms with Crippen LogP contribution in [0, 0.1) is 5.41 Å². The first-order valence-electron chi connectivity index (χ1n) is 12.4. The largest absolute Gasteiger partial charge is 0.489 e. The van der Waals surface area contributed by atoms with Gasteiger partial charge in [0.05, 0.1) is 11.2 Å². The molecule has 6 rings (SSSR count). The lowest BCUT2D eigenvalue weighted by Crippen LogP contribution is -2.10. The topological polar surface area (TPSA) is 92.4 Å². The Morgan fingerprint density at radius 2 is 1.68 bits per heavy atom. The van der Waals surface area contributed by atoms with Gasteiger partial charge in [0.1, 0.15) is 18.2 Å². The van der Waals surface area contributed by atoms with Crippen molar-refractivity contribution in [3.8, 4) is 28.4 Å². The van der Waals surface area contributed by atoms with E-state index in [0.29, 0.717) is 12.4 Å². The highest BCUT2D eigenvalue weighted by Gasteiger charge is 2.16. The van der Waals surface area contributed by atoms with Crippen LogP contribution in [0.2, 0.25) is 0 Å². The maximum absolute atomic E-state index is 5.97. The molecule has 3 aromatic carbocycles. The second-order valence-electron chi connectivity index (χ2n) is 10.5. The quantitative estimate of drug-likeness (QED) is 0.271. The van der Waals surface area contributed by atoms with Gasteiger partial charge < -0.3 is 4.74 Å². The molecule has 0 unspecified atom stereocenters. The molecule has 0 atom stereocenters. The first-order chi connectivity index (χ1) is 17.9. The molecule has 2 N–H and O–H groups in total. The van der Waals surface area contributed by atoms with Crippen molar-refractivity contribution in [3.05, 3.63) is 90.5 Å². The maximum atomic E-state index is 5.97. The van der Waals surface area contributed by atoms with E-state index in [2.05, 4.69) is 82.5 Å². The monoisotopic (exact) mass is 488 g/mol. The molecule has 0 radical (unpaired) electrons. The number of pyridine rings is 1. The molecule has 184 valence electrons. The van der Waals surface area contributed by atoms with Crippen LogP contribution in [0.15, 0.2) is 79.1 Å². The molecule has 0 fully saturated rings. The summed E-state index contributed by atoms with van der Waals surface area (Å²) in [5, 5.41) is 18.6. The fourth-order valence-corrected chi connectivity index (χ4v) is 4.49. The third-order valence-electron chi connectivity index (χ3n) is 6.26. The minimum absolute atomic E-state index is 0.140. The van der Waals surface area contributed by atoms with E-state index in [1.54, 1.807) is 6.20 Å². The van der Waals surface area contributed by atoms with Gasteiger partial charge in [-0.15, -0.1) is 0 Å². The zero-order valence-corrected chi connectivity index (χ0v) is 21.1. The van der Waals surface area contributed by atoms with E-state index >= 15 is 0 Å². The van der Waals surface area contributed by atoms with Crippen LogP contribution >= 0.6 is 0 Å². The van der Waals surface area contributed by atoms with E-state index in [-0.39, 0.29) is 5.41 Å². The van der Waals surface area contributed by atoms with Gasteiger partial charge in [-0.05, 0) is 58.7 Å². The fraction of sp³-hybridized carbons (Fsp3) is 0.200. The highest BCUT2D eigenvalue weighted by Crippen LogP contribution is 2.32. The molecule has 3 aromatic heterocycles. The first-order valence-corrected chi connectivity index (χ1v) is 12.4. The number of hydrogen-bond donors (Lipinski definition) is 2. The molecule has 3 heterocycles. The van der Waals surface area contributed by atoms with Gasteiger partial charge >= 0.3 is 0 Å². The summed E-state index contributed by atoms with van der Waals surface area (Å²) in [4.78, 5) is 8.87. The van der Waals surface area contributed by atoms with Crippen LogP contribution in [0.25, 0.3) is 44.3 Å². The second-order valence-corrected chi connectivity index (χ2v) is 10.5. The Morgan fingerprint density at radius 3 is 2.51 bits per heavy atom. The number of nitrogens with one attached hydrogen (secondary N) is 2. The standard InChI is InChI=1S/C30H28N6O/c1-30(2,3)16-27-32-29(36-34-27)23-9-11-26-25(15-23)28(35-33-26)22-7-6-21-14-24(10-8-20(21)13-22)37-18-19-5-4-12-31-17-19/h4-15,17H,16,18H2,1-3H3,(H,33,35)(H,32,34,36). The summed E-state index contributed by atoms with van der Waals surface area (Å²) in [7, 11) is 0. The lowest BCUT2D eigenvalue weighted by atomic mass is 9.92. The van der Waals surface area contributed by atoms with Crippen molar-refractivity contribution in [1.82, 2.24) is 30.4 Å². The summed E-state index contributed by atoms with van der Waals surface area (Å²) in [6, 6.07) is 22.6. The molecule has 0 amide bonds. The molecule has 7 nitrogen and oxygen atoms in total. The number of rotatable bonds is 6. The number of ether oxygens (including phenoxy) is 1. The number of aromatic nitrogens is 6. The van der Waals surface area contributed by atoms with E-state index in [9.17, 15) is 0 Å². The van der Waals surface area contributed by atoms with Gasteiger partial charge in [0.15, 0.2) is 5.82 Å². The van der Waals surface area contributed by atoms with Crippen LogP contribution in [0.1, 0.15) is 32.2 Å². The molecule has 7 heteroatoms. The number of fused-ring (bicyclic) bond motifs is 2. The fourth-order valence-electron chi connectivity index (χ4n) is 4.49.